The molecule has 0 spiro atoms. The van der Waals surface area contributed by atoms with Crippen molar-refractivity contribution < 1.29 is 18.9 Å². The van der Waals surface area contributed by atoms with Crippen LogP contribution in [0.4, 0.5) is 0 Å². The molecule has 3 atom stereocenters. The van der Waals surface area contributed by atoms with E-state index in [4.69, 9.17) is 14.3 Å². The Hall–Kier alpha value is 0.110. The van der Waals surface area contributed by atoms with Crippen LogP contribution in [0.15, 0.2) is 0 Å². The van der Waals surface area contributed by atoms with Gasteiger partial charge in [-0.2, -0.15) is 0 Å². The Labute approximate surface area is 143 Å². The maximum Gasteiger partial charge on any atom is 0.469 e. The summed E-state index contributed by atoms with van der Waals surface area (Å²) in [6.45, 7) is 9.19. The molecule has 0 aliphatic rings. The summed E-state index contributed by atoms with van der Waals surface area (Å²) < 4.78 is 15.7. The van der Waals surface area contributed by atoms with Gasteiger partial charge in [-0.3, -0.25) is 4.52 Å². The van der Waals surface area contributed by atoms with Gasteiger partial charge in [0.2, 0.25) is 0 Å². The van der Waals surface area contributed by atoms with Crippen LogP contribution in [-0.2, 0) is 9.09 Å². The van der Waals surface area contributed by atoms with E-state index in [1.165, 1.54) is 38.5 Å². The number of unbranched alkanes of at least 4 members (excludes halogenated alkanes) is 2. The number of phosphoric ester groups is 1. The van der Waals surface area contributed by atoms with E-state index in [9.17, 15) is 4.57 Å². The van der Waals surface area contributed by atoms with Crippen molar-refractivity contribution in [1.82, 2.24) is 0 Å². The van der Waals surface area contributed by atoms with E-state index in [0.29, 0.717) is 0 Å². The lowest BCUT2D eigenvalue weighted by molar-refractivity contribution is 0.156. The van der Waals surface area contributed by atoms with Crippen molar-refractivity contribution in [2.75, 3.05) is 6.61 Å². The molecule has 0 rings (SSSR count). The smallest absolute Gasteiger partial charge is 0.303 e. The number of hydrogen-bond acceptors (Lipinski definition) is 2. The van der Waals surface area contributed by atoms with Crippen molar-refractivity contribution in [3.63, 3.8) is 0 Å². The molecule has 0 amide bonds. The summed E-state index contributed by atoms with van der Waals surface area (Å²) in [5.41, 5.74) is 0. The first-order valence-electron chi connectivity index (χ1n) is 9.48. The van der Waals surface area contributed by atoms with E-state index in [0.717, 1.165) is 37.5 Å². The zero-order chi connectivity index (χ0) is 17.7. The molecule has 0 heterocycles. The second-order valence-electron chi connectivity index (χ2n) is 7.25. The molecule has 0 radical (unpaired) electrons. The molecule has 0 aromatic carbocycles. The van der Waals surface area contributed by atoms with Gasteiger partial charge in [-0.1, -0.05) is 79.1 Å². The molecule has 0 saturated carbocycles. The normalized spacial score (nSPS) is 16.3. The molecule has 0 aliphatic carbocycles. The monoisotopic (exact) mass is 350 g/mol. The van der Waals surface area contributed by atoms with Crippen LogP contribution >= 0.6 is 7.82 Å². The van der Waals surface area contributed by atoms with Crippen molar-refractivity contribution in [1.29, 1.82) is 0 Å². The second kappa shape index (κ2) is 13.4. The molecule has 0 aliphatic heterocycles. The minimum Gasteiger partial charge on any atom is -0.303 e. The SMILES string of the molecule is CCC(C)CCCCCC(CCCC(C)CC)COP(=O)(O)O. The molecular weight excluding hydrogens is 311 g/mol. The Balaban J connectivity index is 4.03. The molecule has 3 unspecified atom stereocenters. The summed E-state index contributed by atoms with van der Waals surface area (Å²) in [5.74, 6) is 1.81. The Kier molecular flexibility index (Phi) is 13.5. The molecule has 0 bridgehead atoms. The predicted octanol–water partition coefficient (Wildman–Crippen LogP) is 5.92. The van der Waals surface area contributed by atoms with Gasteiger partial charge in [0.1, 0.15) is 0 Å². The minimum absolute atomic E-state index is 0.191. The summed E-state index contributed by atoms with van der Waals surface area (Å²) in [7, 11) is -4.34. The van der Waals surface area contributed by atoms with Crippen LogP contribution < -0.4 is 0 Å². The molecule has 0 aromatic heterocycles. The molecule has 4 nitrogen and oxygen atoms in total. The van der Waals surface area contributed by atoms with Gasteiger partial charge < -0.3 is 9.79 Å². The number of rotatable bonds is 15. The average Bonchev–Trinajstić information content (AvgIpc) is 2.50. The van der Waals surface area contributed by atoms with Crippen LogP contribution in [-0.4, -0.2) is 16.4 Å². The molecule has 0 fully saturated rings. The maximum atomic E-state index is 10.9. The fraction of sp³-hybridized carbons (Fsp3) is 1.00. The summed E-state index contributed by atoms with van der Waals surface area (Å²) in [5, 5.41) is 0. The molecule has 23 heavy (non-hydrogen) atoms. The first-order valence-corrected chi connectivity index (χ1v) is 11.0. The highest BCUT2D eigenvalue weighted by Crippen LogP contribution is 2.37. The van der Waals surface area contributed by atoms with Gasteiger partial charge in [0.05, 0.1) is 6.61 Å². The van der Waals surface area contributed by atoms with E-state index >= 15 is 0 Å². The third-order valence-electron chi connectivity index (χ3n) is 4.99. The third-order valence-corrected chi connectivity index (χ3v) is 5.48. The van der Waals surface area contributed by atoms with Crippen LogP contribution in [0.1, 0.15) is 91.9 Å². The van der Waals surface area contributed by atoms with E-state index in [2.05, 4.69) is 27.7 Å². The standard InChI is InChI=1S/C18H39O4P/c1-5-16(3)11-8-7-9-13-18(15-22-23(19,20)21)14-10-12-17(4)6-2/h16-18H,5-15H2,1-4H3,(H2,19,20,21). The predicted molar refractivity (Wildman–Crippen MR) is 97.3 cm³/mol. The van der Waals surface area contributed by atoms with E-state index in [-0.39, 0.29) is 12.5 Å². The fourth-order valence-electron chi connectivity index (χ4n) is 2.78. The third kappa shape index (κ3) is 15.4. The highest BCUT2D eigenvalue weighted by molar-refractivity contribution is 7.46. The van der Waals surface area contributed by atoms with Gasteiger partial charge in [0.25, 0.3) is 0 Å². The van der Waals surface area contributed by atoms with Gasteiger partial charge in [0, 0.05) is 0 Å². The lowest BCUT2D eigenvalue weighted by Gasteiger charge is -2.18. The largest absolute Gasteiger partial charge is 0.469 e. The minimum atomic E-state index is -4.34. The Bertz CT molecular complexity index is 316. The van der Waals surface area contributed by atoms with Crippen molar-refractivity contribution in [3.8, 4) is 0 Å². The number of phosphoric acid groups is 1. The molecule has 0 aromatic rings. The van der Waals surface area contributed by atoms with Crippen LogP contribution in [0, 0.1) is 17.8 Å². The van der Waals surface area contributed by atoms with Gasteiger partial charge >= 0.3 is 7.82 Å². The summed E-state index contributed by atoms with van der Waals surface area (Å²) in [4.78, 5) is 17.8. The van der Waals surface area contributed by atoms with Gasteiger partial charge in [0.15, 0.2) is 0 Å². The first-order chi connectivity index (χ1) is 10.8. The Morgan fingerprint density at radius 2 is 1.30 bits per heavy atom. The maximum absolute atomic E-state index is 10.9. The van der Waals surface area contributed by atoms with Crippen molar-refractivity contribution in [2.24, 2.45) is 17.8 Å². The van der Waals surface area contributed by atoms with Gasteiger partial charge in [-0.15, -0.1) is 0 Å². The highest BCUT2D eigenvalue weighted by Gasteiger charge is 2.18. The topological polar surface area (TPSA) is 66.8 Å². The zero-order valence-corrected chi connectivity index (χ0v) is 16.6. The van der Waals surface area contributed by atoms with Crippen LogP contribution in [0.25, 0.3) is 0 Å². The summed E-state index contributed by atoms with van der Waals surface area (Å²) in [6, 6.07) is 0. The van der Waals surface area contributed by atoms with Crippen molar-refractivity contribution in [3.05, 3.63) is 0 Å². The van der Waals surface area contributed by atoms with Crippen molar-refractivity contribution in [2.45, 2.75) is 91.9 Å². The average molecular weight is 350 g/mol. The summed E-state index contributed by atoms with van der Waals surface area (Å²) in [6.07, 6.45) is 11.7. The molecule has 0 saturated heterocycles. The van der Waals surface area contributed by atoms with Crippen LogP contribution in [0.2, 0.25) is 0 Å². The fourth-order valence-corrected chi connectivity index (χ4v) is 3.18. The first kappa shape index (κ1) is 23.1. The van der Waals surface area contributed by atoms with E-state index in [1.54, 1.807) is 0 Å². The van der Waals surface area contributed by atoms with E-state index in [1.807, 2.05) is 0 Å². The van der Waals surface area contributed by atoms with E-state index < -0.39 is 7.82 Å². The van der Waals surface area contributed by atoms with Gasteiger partial charge in [-0.05, 0) is 30.6 Å². The quantitative estimate of drug-likeness (QED) is 0.284. The van der Waals surface area contributed by atoms with Gasteiger partial charge in [-0.25, -0.2) is 4.57 Å². The Morgan fingerprint density at radius 1 is 0.826 bits per heavy atom. The lowest BCUT2D eigenvalue weighted by Crippen LogP contribution is -2.10. The Morgan fingerprint density at radius 3 is 1.83 bits per heavy atom. The highest BCUT2D eigenvalue weighted by atomic mass is 31.2. The molecule has 140 valence electrons. The molecule has 5 heteroatoms. The van der Waals surface area contributed by atoms with Crippen LogP contribution in [0.3, 0.4) is 0 Å². The van der Waals surface area contributed by atoms with Crippen molar-refractivity contribution >= 4 is 7.82 Å². The lowest BCUT2D eigenvalue weighted by atomic mass is 9.92. The number of hydrogen-bond donors (Lipinski definition) is 2. The second-order valence-corrected chi connectivity index (χ2v) is 8.49. The molecule has 2 N–H and O–H groups in total. The molecular formula is C18H39O4P. The van der Waals surface area contributed by atoms with Crippen LogP contribution in [0.5, 0.6) is 0 Å². The summed E-state index contributed by atoms with van der Waals surface area (Å²) >= 11 is 0. The zero-order valence-electron chi connectivity index (χ0n) is 15.7.